The number of aryl methyl sites for hydroxylation is 1. The van der Waals surface area contributed by atoms with Gasteiger partial charge in [0, 0.05) is 46.3 Å². The van der Waals surface area contributed by atoms with E-state index in [9.17, 15) is 9.90 Å². The SMILES string of the molecule is CCOC(=O)c1ccc2c(ccn2CCC(C)(C)NCC(O)c2cccc(NSc3ccccc3)c2)c1. The molecule has 0 amide bonds. The number of fused-ring (bicyclic) bond motifs is 1. The number of ether oxygens (including phenoxy) is 1. The summed E-state index contributed by atoms with van der Waals surface area (Å²) >= 11 is 1.55. The number of aliphatic hydroxyl groups excluding tert-OH is 1. The van der Waals surface area contributed by atoms with Gasteiger partial charge in [-0.3, -0.25) is 0 Å². The second-order valence-corrected chi connectivity index (χ2v) is 10.6. The van der Waals surface area contributed by atoms with Crippen LogP contribution in [0.2, 0.25) is 0 Å². The van der Waals surface area contributed by atoms with E-state index in [2.05, 4.69) is 46.8 Å². The molecule has 0 fully saturated rings. The molecule has 0 aliphatic carbocycles. The van der Waals surface area contributed by atoms with Crippen LogP contribution in [0.25, 0.3) is 10.9 Å². The number of aromatic nitrogens is 1. The van der Waals surface area contributed by atoms with Crippen molar-refractivity contribution in [3.05, 3.63) is 96.2 Å². The first-order valence-electron chi connectivity index (χ1n) is 12.6. The van der Waals surface area contributed by atoms with Crippen molar-refractivity contribution >= 4 is 34.5 Å². The minimum atomic E-state index is -0.614. The quantitative estimate of drug-likeness (QED) is 0.149. The molecule has 0 aliphatic heterocycles. The van der Waals surface area contributed by atoms with Crippen molar-refractivity contribution in [2.75, 3.05) is 17.9 Å². The van der Waals surface area contributed by atoms with Crippen LogP contribution >= 0.6 is 11.9 Å². The summed E-state index contributed by atoms with van der Waals surface area (Å²) in [6.45, 7) is 7.75. The van der Waals surface area contributed by atoms with Gasteiger partial charge in [-0.25, -0.2) is 4.79 Å². The number of carbonyl (C=O) groups excluding carboxylic acids is 1. The fraction of sp³-hybridized carbons (Fsp3) is 0.300. The highest BCUT2D eigenvalue weighted by molar-refractivity contribution is 8.00. The zero-order valence-electron chi connectivity index (χ0n) is 21.6. The number of nitrogens with zero attached hydrogens (tertiary/aromatic N) is 1. The summed E-state index contributed by atoms with van der Waals surface area (Å²) in [5.74, 6) is -0.294. The fourth-order valence-corrected chi connectivity index (χ4v) is 4.79. The van der Waals surface area contributed by atoms with Crippen LogP contribution in [0.3, 0.4) is 0 Å². The van der Waals surface area contributed by atoms with Crippen molar-refractivity contribution in [3.63, 3.8) is 0 Å². The van der Waals surface area contributed by atoms with Gasteiger partial charge in [-0.15, -0.1) is 0 Å². The van der Waals surface area contributed by atoms with Gasteiger partial charge in [-0.2, -0.15) is 0 Å². The number of aliphatic hydroxyl groups is 1. The topological polar surface area (TPSA) is 75.5 Å². The van der Waals surface area contributed by atoms with Crippen molar-refractivity contribution in [3.8, 4) is 0 Å². The van der Waals surface area contributed by atoms with Crippen LogP contribution in [0.5, 0.6) is 0 Å². The molecule has 3 N–H and O–H groups in total. The molecule has 7 heteroatoms. The summed E-state index contributed by atoms with van der Waals surface area (Å²) in [6, 6.07) is 25.7. The summed E-state index contributed by atoms with van der Waals surface area (Å²) in [4.78, 5) is 13.2. The Balaban J connectivity index is 1.30. The third kappa shape index (κ3) is 7.38. The number of anilines is 1. The minimum Gasteiger partial charge on any atom is -0.462 e. The lowest BCUT2D eigenvalue weighted by Gasteiger charge is -2.28. The number of hydrogen-bond acceptors (Lipinski definition) is 6. The average molecular weight is 518 g/mol. The third-order valence-corrected chi connectivity index (χ3v) is 7.18. The molecule has 0 radical (unpaired) electrons. The number of hydrogen-bond donors (Lipinski definition) is 3. The van der Waals surface area contributed by atoms with Gasteiger partial charge in [0.05, 0.1) is 18.3 Å². The van der Waals surface area contributed by atoms with Gasteiger partial charge in [-0.05, 0) is 93.2 Å². The molecule has 194 valence electrons. The molecule has 1 heterocycles. The first-order valence-corrected chi connectivity index (χ1v) is 13.4. The third-order valence-electron chi connectivity index (χ3n) is 6.34. The number of carbonyl (C=O) groups is 1. The number of nitrogens with one attached hydrogen (secondary N) is 2. The summed E-state index contributed by atoms with van der Waals surface area (Å²) < 4.78 is 10.7. The van der Waals surface area contributed by atoms with E-state index >= 15 is 0 Å². The van der Waals surface area contributed by atoms with Gasteiger partial charge in [0.15, 0.2) is 0 Å². The lowest BCUT2D eigenvalue weighted by Crippen LogP contribution is -2.42. The van der Waals surface area contributed by atoms with Gasteiger partial charge in [0.1, 0.15) is 0 Å². The predicted octanol–water partition coefficient (Wildman–Crippen LogP) is 6.43. The van der Waals surface area contributed by atoms with Crippen LogP contribution in [0.4, 0.5) is 5.69 Å². The maximum atomic E-state index is 12.0. The lowest BCUT2D eigenvalue weighted by molar-refractivity contribution is 0.0526. The Hall–Kier alpha value is -3.26. The first kappa shape index (κ1) is 26.8. The summed E-state index contributed by atoms with van der Waals surface area (Å²) in [5.41, 5.74) is 3.30. The van der Waals surface area contributed by atoms with Crippen LogP contribution < -0.4 is 10.0 Å². The Bertz CT molecular complexity index is 1320. The van der Waals surface area contributed by atoms with Gasteiger partial charge < -0.3 is 24.4 Å². The molecule has 0 saturated carbocycles. The molecule has 1 atom stereocenters. The van der Waals surface area contributed by atoms with Crippen molar-refractivity contribution in [2.24, 2.45) is 0 Å². The van der Waals surface area contributed by atoms with E-state index in [0.717, 1.165) is 40.0 Å². The van der Waals surface area contributed by atoms with E-state index in [1.165, 1.54) is 0 Å². The molecule has 1 aromatic heterocycles. The zero-order valence-corrected chi connectivity index (χ0v) is 22.4. The molecule has 1 unspecified atom stereocenters. The van der Waals surface area contributed by atoms with E-state index in [4.69, 9.17) is 4.74 Å². The van der Waals surface area contributed by atoms with E-state index in [-0.39, 0.29) is 11.5 Å². The molecular weight excluding hydrogens is 482 g/mol. The van der Waals surface area contributed by atoms with E-state index in [1.54, 1.807) is 11.9 Å². The lowest BCUT2D eigenvalue weighted by atomic mass is 9.99. The molecular formula is C30H35N3O3S. The molecule has 0 bridgehead atoms. The smallest absolute Gasteiger partial charge is 0.338 e. The molecule has 4 rings (SSSR count). The number of rotatable bonds is 12. The second-order valence-electron chi connectivity index (χ2n) is 9.68. The van der Waals surface area contributed by atoms with Gasteiger partial charge in [0.25, 0.3) is 0 Å². The van der Waals surface area contributed by atoms with Crippen molar-refractivity contribution < 1.29 is 14.6 Å². The molecule has 6 nitrogen and oxygen atoms in total. The van der Waals surface area contributed by atoms with Crippen LogP contribution in [-0.4, -0.2) is 34.3 Å². The van der Waals surface area contributed by atoms with Crippen LogP contribution in [0.15, 0.2) is 90.0 Å². The molecule has 37 heavy (non-hydrogen) atoms. The molecule has 3 aromatic carbocycles. The van der Waals surface area contributed by atoms with Crippen molar-refractivity contribution in [2.45, 2.75) is 50.3 Å². The molecule has 0 aliphatic rings. The van der Waals surface area contributed by atoms with Gasteiger partial charge in [0.2, 0.25) is 0 Å². The average Bonchev–Trinajstić information content (AvgIpc) is 3.33. The van der Waals surface area contributed by atoms with Gasteiger partial charge in [-0.1, -0.05) is 30.3 Å². The Morgan fingerprint density at radius 3 is 2.65 bits per heavy atom. The van der Waals surface area contributed by atoms with E-state index in [0.29, 0.717) is 18.7 Å². The van der Waals surface area contributed by atoms with Gasteiger partial charge >= 0.3 is 5.97 Å². The normalized spacial score (nSPS) is 12.4. The number of esters is 1. The van der Waals surface area contributed by atoms with Crippen LogP contribution in [0.1, 0.15) is 49.2 Å². The Labute approximate surface area is 223 Å². The maximum absolute atomic E-state index is 12.0. The molecule has 0 spiro atoms. The van der Waals surface area contributed by atoms with E-state index < -0.39 is 6.10 Å². The highest BCUT2D eigenvalue weighted by Crippen LogP contribution is 2.25. The monoisotopic (exact) mass is 517 g/mol. The largest absolute Gasteiger partial charge is 0.462 e. The van der Waals surface area contributed by atoms with Crippen molar-refractivity contribution in [1.82, 2.24) is 9.88 Å². The number of benzene rings is 3. The highest BCUT2D eigenvalue weighted by Gasteiger charge is 2.20. The van der Waals surface area contributed by atoms with E-state index in [1.807, 2.05) is 73.7 Å². The standard InChI is InChI=1S/C30H35N3O3S/c1-4-36-29(35)24-13-14-27-22(19-24)15-17-33(27)18-16-30(2,3)31-21-28(34)23-9-8-10-25(20-23)32-37-26-11-6-5-7-12-26/h5-15,17,19-20,28,31-32,34H,4,16,18,21H2,1-3H3. The van der Waals surface area contributed by atoms with Crippen LogP contribution in [0, 0.1) is 0 Å². The fourth-order valence-electron chi connectivity index (χ4n) is 4.13. The molecule has 0 saturated heterocycles. The predicted molar refractivity (Wildman–Crippen MR) is 152 cm³/mol. The first-order chi connectivity index (χ1) is 17.8. The summed E-state index contributed by atoms with van der Waals surface area (Å²) in [5, 5.41) is 15.4. The van der Waals surface area contributed by atoms with Crippen molar-refractivity contribution in [1.29, 1.82) is 0 Å². The maximum Gasteiger partial charge on any atom is 0.338 e. The summed E-state index contributed by atoms with van der Waals surface area (Å²) in [7, 11) is 0. The Morgan fingerprint density at radius 1 is 1.05 bits per heavy atom. The highest BCUT2D eigenvalue weighted by atomic mass is 32.2. The zero-order chi connectivity index (χ0) is 26.3. The Morgan fingerprint density at radius 2 is 1.86 bits per heavy atom. The minimum absolute atomic E-state index is 0.179. The summed E-state index contributed by atoms with van der Waals surface area (Å²) in [6.07, 6.45) is 2.31. The Kier molecular flexibility index (Phi) is 8.92. The van der Waals surface area contributed by atoms with Crippen LogP contribution in [-0.2, 0) is 11.3 Å². The second kappa shape index (κ2) is 12.3. The molecule has 4 aromatic rings. The number of β-amino-alcohol motifs (C(OH)–C–C–N with tert-alkyl or cyclic N) is 1.